The third-order valence-corrected chi connectivity index (χ3v) is 10.3. The van der Waals surface area contributed by atoms with Crippen molar-refractivity contribution in [3.05, 3.63) is 35.4 Å². The van der Waals surface area contributed by atoms with Crippen LogP contribution in [0.4, 0.5) is 0 Å². The molecule has 0 aliphatic carbocycles. The molecule has 2 aliphatic heterocycles. The molecule has 0 unspecified atom stereocenters. The first kappa shape index (κ1) is 46.9. The van der Waals surface area contributed by atoms with Crippen molar-refractivity contribution in [3.63, 3.8) is 0 Å². The lowest BCUT2D eigenvalue weighted by Crippen LogP contribution is -2.53. The number of hydrogen-bond acceptors (Lipinski definition) is 13. The molecule has 0 saturated carbocycles. The Labute approximate surface area is 333 Å². The number of Topliss-reactive ketones (excluding diaryl/α,β-unsaturated/α-hetero) is 1. The Bertz CT molecular complexity index is 1520. The third-order valence-electron chi connectivity index (χ3n) is 10.3. The van der Waals surface area contributed by atoms with E-state index in [2.05, 4.69) is 10.6 Å². The van der Waals surface area contributed by atoms with Gasteiger partial charge in [0.25, 0.3) is 0 Å². The number of ketones is 1. The van der Waals surface area contributed by atoms with Crippen LogP contribution in [-0.4, -0.2) is 195 Å². The van der Waals surface area contributed by atoms with Crippen LogP contribution in [0.15, 0.2) is 24.3 Å². The van der Waals surface area contributed by atoms with Gasteiger partial charge in [-0.25, -0.2) is 0 Å². The zero-order valence-electron chi connectivity index (χ0n) is 33.0. The van der Waals surface area contributed by atoms with Gasteiger partial charge in [-0.05, 0) is 31.2 Å². The van der Waals surface area contributed by atoms with E-state index < -0.39 is 54.7 Å². The molecule has 2 aliphatic rings. The lowest BCUT2D eigenvalue weighted by atomic mass is 9.78. The van der Waals surface area contributed by atoms with Crippen LogP contribution in [0.25, 0.3) is 0 Å². The molecule has 1 aromatic carbocycles. The van der Waals surface area contributed by atoms with Crippen LogP contribution >= 0.6 is 0 Å². The van der Waals surface area contributed by atoms with Crippen molar-refractivity contribution in [3.8, 4) is 0 Å². The SMILES string of the molecule is CC(C)[C@H](CC(=O)c1ccc(CNC(=O)CN2CCN(CC(=O)O)CCN(CC(=O)O)CCN(CC(=O)O)CC2)cc1)C(=O)N[C@H](C)C(=O)N1CCC[C@H]1B(O)O. The summed E-state index contributed by atoms with van der Waals surface area (Å²) >= 11 is 0. The quantitative estimate of drug-likeness (QED) is 0.0634. The Morgan fingerprint density at radius 3 is 1.58 bits per heavy atom. The molecule has 1 aromatic rings. The van der Waals surface area contributed by atoms with Crippen LogP contribution in [0.2, 0.25) is 0 Å². The predicted octanol–water partition coefficient (Wildman–Crippen LogP) is -1.87. The highest BCUT2D eigenvalue weighted by molar-refractivity contribution is 6.43. The molecule has 3 atom stereocenters. The van der Waals surface area contributed by atoms with E-state index in [1.54, 1.807) is 39.0 Å². The fourth-order valence-corrected chi connectivity index (χ4v) is 7.01. The van der Waals surface area contributed by atoms with Gasteiger partial charge in [-0.2, -0.15) is 0 Å². The summed E-state index contributed by atoms with van der Waals surface area (Å²) < 4.78 is 0. The highest BCUT2D eigenvalue weighted by Gasteiger charge is 2.39. The molecule has 2 fully saturated rings. The number of nitrogens with zero attached hydrogens (tertiary/aromatic N) is 5. The van der Waals surface area contributed by atoms with Crippen molar-refractivity contribution in [2.75, 3.05) is 85.1 Å². The number of carboxylic acids is 3. The minimum absolute atomic E-state index is 0.0472. The molecule has 7 N–H and O–H groups in total. The summed E-state index contributed by atoms with van der Waals surface area (Å²) in [7, 11) is -1.68. The largest absolute Gasteiger partial charge is 0.480 e. The molecule has 3 amide bonds. The van der Waals surface area contributed by atoms with Gasteiger partial charge in [0.2, 0.25) is 17.7 Å². The number of carbonyl (C=O) groups is 7. The minimum Gasteiger partial charge on any atom is -0.480 e. The van der Waals surface area contributed by atoms with Gasteiger partial charge < -0.3 is 40.9 Å². The second kappa shape index (κ2) is 23.1. The van der Waals surface area contributed by atoms with Crippen molar-refractivity contribution >= 4 is 48.5 Å². The zero-order valence-corrected chi connectivity index (χ0v) is 33.0. The summed E-state index contributed by atoms with van der Waals surface area (Å²) in [5.41, 5.74) is 1.07. The molecule has 2 heterocycles. The first-order valence-electron chi connectivity index (χ1n) is 19.3. The topological polar surface area (TPSA) is 261 Å². The van der Waals surface area contributed by atoms with Gasteiger partial charge in [0, 0.05) is 83.3 Å². The van der Waals surface area contributed by atoms with E-state index in [9.17, 15) is 58.9 Å². The summed E-state index contributed by atoms with van der Waals surface area (Å²) in [5, 5.41) is 53.1. The minimum atomic E-state index is -1.68. The molecule has 3 rings (SSSR count). The van der Waals surface area contributed by atoms with E-state index in [0.29, 0.717) is 43.6 Å². The van der Waals surface area contributed by atoms with E-state index >= 15 is 0 Å². The number of aliphatic carboxylic acids is 3. The van der Waals surface area contributed by atoms with Gasteiger partial charge in [-0.3, -0.25) is 53.2 Å². The number of nitrogens with one attached hydrogen (secondary N) is 2. The van der Waals surface area contributed by atoms with Gasteiger partial charge >= 0.3 is 25.0 Å². The molecule has 19 nitrogen and oxygen atoms in total. The summed E-state index contributed by atoms with van der Waals surface area (Å²) in [6.45, 7) is 7.00. The Morgan fingerprint density at radius 1 is 0.702 bits per heavy atom. The molecule has 316 valence electrons. The van der Waals surface area contributed by atoms with Crippen LogP contribution in [0.3, 0.4) is 0 Å². The van der Waals surface area contributed by atoms with Crippen LogP contribution < -0.4 is 10.6 Å². The number of benzene rings is 1. The lowest BCUT2D eigenvalue weighted by molar-refractivity contribution is -0.140. The first-order valence-corrected chi connectivity index (χ1v) is 19.3. The summed E-state index contributed by atoms with van der Waals surface area (Å²) in [5.74, 6) is -6.30. The normalized spacial score (nSPS) is 19.2. The molecular weight excluding hydrogens is 745 g/mol. The molecule has 57 heavy (non-hydrogen) atoms. The van der Waals surface area contributed by atoms with Crippen LogP contribution in [-0.2, 0) is 35.3 Å². The predicted molar refractivity (Wildman–Crippen MR) is 207 cm³/mol. The maximum atomic E-state index is 13.3. The summed E-state index contributed by atoms with van der Waals surface area (Å²) in [4.78, 5) is 95.4. The van der Waals surface area contributed by atoms with E-state index in [-0.39, 0.29) is 96.0 Å². The standard InChI is InChI=1S/C37H58BN7O12/c1-25(2)29(36(54)40-26(3)37(55)45-10-4-5-31(45)38(56)57)19-30(46)28-8-6-27(7-9-28)20-39-32(47)21-41-11-13-42(22-33(48)49)15-17-44(24-35(52)53)18-16-43(14-12-41)23-34(50)51/h6-9,25-26,29,31,56-57H,4-5,10-24H2,1-3H3,(H,39,47)(H,40,54)(H,48,49)(H,50,51)(H,52,53)/t26-,29+,31+/m1/s1. The monoisotopic (exact) mass is 803 g/mol. The molecule has 2 saturated heterocycles. The third kappa shape index (κ3) is 16.1. The average Bonchev–Trinajstić information content (AvgIpc) is 3.63. The summed E-state index contributed by atoms with van der Waals surface area (Å²) in [6.07, 6.45) is 0.964. The van der Waals surface area contributed by atoms with Crippen LogP contribution in [0.1, 0.15) is 56.0 Å². The number of likely N-dealkylation sites (tertiary alicyclic amines) is 1. The van der Waals surface area contributed by atoms with E-state index in [1.807, 2.05) is 18.7 Å². The second-order valence-electron chi connectivity index (χ2n) is 15.1. The molecular formula is C37H58BN7O12. The number of hydrogen-bond donors (Lipinski definition) is 7. The fourth-order valence-electron chi connectivity index (χ4n) is 7.01. The molecule has 0 aromatic heterocycles. The summed E-state index contributed by atoms with van der Waals surface area (Å²) in [6, 6.07) is 5.68. The van der Waals surface area contributed by atoms with Gasteiger partial charge in [-0.1, -0.05) is 38.1 Å². The highest BCUT2D eigenvalue weighted by Crippen LogP contribution is 2.22. The Balaban J connectivity index is 1.57. The van der Waals surface area contributed by atoms with Gasteiger partial charge in [0.05, 0.1) is 32.1 Å². The molecule has 0 bridgehead atoms. The number of carboxylic acid groups (broad SMARTS) is 3. The van der Waals surface area contributed by atoms with Crippen molar-refractivity contribution in [1.29, 1.82) is 0 Å². The van der Waals surface area contributed by atoms with Gasteiger partial charge in [0.15, 0.2) is 5.78 Å². The Morgan fingerprint density at radius 2 is 1.16 bits per heavy atom. The highest BCUT2D eigenvalue weighted by atomic mass is 16.4. The average molecular weight is 804 g/mol. The van der Waals surface area contributed by atoms with Gasteiger partial charge in [0.1, 0.15) is 6.04 Å². The van der Waals surface area contributed by atoms with Crippen LogP contribution in [0, 0.1) is 11.8 Å². The van der Waals surface area contributed by atoms with Crippen LogP contribution in [0.5, 0.6) is 0 Å². The fraction of sp³-hybridized carbons (Fsp3) is 0.649. The maximum absolute atomic E-state index is 13.3. The maximum Gasteiger partial charge on any atom is 0.475 e. The molecule has 0 radical (unpaired) electrons. The number of amides is 3. The zero-order chi connectivity index (χ0) is 42.2. The van der Waals surface area contributed by atoms with Crippen molar-refractivity contribution in [2.45, 2.75) is 58.6 Å². The molecule has 0 spiro atoms. The van der Waals surface area contributed by atoms with E-state index in [0.717, 1.165) is 0 Å². The van der Waals surface area contributed by atoms with E-state index in [4.69, 9.17) is 0 Å². The number of rotatable bonds is 18. The van der Waals surface area contributed by atoms with Gasteiger partial charge in [-0.15, -0.1) is 0 Å². The smallest absolute Gasteiger partial charge is 0.475 e. The Hall–Kier alpha value is -4.47. The number of carbonyl (C=O) groups excluding carboxylic acids is 4. The molecule has 20 heteroatoms. The van der Waals surface area contributed by atoms with E-state index in [1.165, 1.54) is 11.8 Å². The lowest BCUT2D eigenvalue weighted by Gasteiger charge is -2.32. The van der Waals surface area contributed by atoms with Crippen molar-refractivity contribution < 1.29 is 58.9 Å². The van der Waals surface area contributed by atoms with Crippen molar-refractivity contribution in [2.24, 2.45) is 11.8 Å². The second-order valence-corrected chi connectivity index (χ2v) is 15.1. The first-order chi connectivity index (χ1) is 26.9. The van der Waals surface area contributed by atoms with Crippen molar-refractivity contribution in [1.82, 2.24) is 35.1 Å². The Kier molecular flexibility index (Phi) is 19.0.